The van der Waals surface area contributed by atoms with Gasteiger partial charge in [0.05, 0.1) is 13.7 Å². The molecular formula is C13H21NO2. The molecule has 2 N–H and O–H groups in total. The second-order valence-electron chi connectivity index (χ2n) is 4.09. The zero-order valence-electron chi connectivity index (χ0n) is 10.4. The van der Waals surface area contributed by atoms with E-state index in [0.717, 1.165) is 25.0 Å². The summed E-state index contributed by atoms with van der Waals surface area (Å²) >= 11 is 0. The highest BCUT2D eigenvalue weighted by Gasteiger charge is 2.07. The van der Waals surface area contributed by atoms with Gasteiger partial charge in [-0.1, -0.05) is 6.07 Å². The van der Waals surface area contributed by atoms with Gasteiger partial charge in [-0.15, -0.1) is 0 Å². The van der Waals surface area contributed by atoms with Crippen LogP contribution >= 0.6 is 0 Å². The lowest BCUT2D eigenvalue weighted by Gasteiger charge is -2.12. The Morgan fingerprint density at radius 1 is 1.19 bits per heavy atom. The lowest BCUT2D eigenvalue weighted by molar-refractivity contribution is 0.134. The number of nitrogens with two attached hydrogens (primary N) is 1. The van der Waals surface area contributed by atoms with Crippen LogP contribution in [0.5, 0.6) is 5.75 Å². The quantitative estimate of drug-likeness (QED) is 0.595. The highest BCUT2D eigenvalue weighted by atomic mass is 16.6. The van der Waals surface area contributed by atoms with Crippen LogP contribution in [0.1, 0.15) is 29.5 Å². The van der Waals surface area contributed by atoms with E-state index in [1.54, 1.807) is 7.11 Å². The molecule has 1 aromatic carbocycles. The lowest BCUT2D eigenvalue weighted by Crippen LogP contribution is -2.02. The number of hydrogen-bond donors (Lipinski definition) is 1. The Balaban J connectivity index is 2.70. The molecule has 3 nitrogen and oxygen atoms in total. The molecule has 90 valence electrons. The summed E-state index contributed by atoms with van der Waals surface area (Å²) in [5, 5.41) is 0. The summed E-state index contributed by atoms with van der Waals surface area (Å²) in [5.41, 5.74) is 3.83. The SMILES string of the molecule is COc1cc(C)cc(C)c1CCCCON. The first-order chi connectivity index (χ1) is 7.69. The lowest BCUT2D eigenvalue weighted by atomic mass is 9.99. The largest absolute Gasteiger partial charge is 0.496 e. The third-order valence-electron chi connectivity index (χ3n) is 2.74. The van der Waals surface area contributed by atoms with Gasteiger partial charge in [0, 0.05) is 0 Å². The van der Waals surface area contributed by atoms with Crippen LogP contribution in [0.25, 0.3) is 0 Å². The van der Waals surface area contributed by atoms with E-state index in [-0.39, 0.29) is 0 Å². The molecule has 0 radical (unpaired) electrons. The Labute approximate surface area is 97.5 Å². The Morgan fingerprint density at radius 2 is 1.94 bits per heavy atom. The minimum atomic E-state index is 0.618. The van der Waals surface area contributed by atoms with Gasteiger partial charge in [-0.2, -0.15) is 0 Å². The number of rotatable bonds is 6. The summed E-state index contributed by atoms with van der Waals surface area (Å²) in [5.74, 6) is 5.98. The van der Waals surface area contributed by atoms with Crippen molar-refractivity contribution in [3.63, 3.8) is 0 Å². The standard InChI is InChI=1S/C13H21NO2/c1-10-8-11(2)12(13(9-10)15-3)6-4-5-7-16-14/h8-9H,4-7,14H2,1-3H3. The van der Waals surface area contributed by atoms with Gasteiger partial charge in [0.2, 0.25) is 0 Å². The van der Waals surface area contributed by atoms with E-state index >= 15 is 0 Å². The molecule has 0 aliphatic carbocycles. The molecule has 0 bridgehead atoms. The minimum Gasteiger partial charge on any atom is -0.496 e. The fourth-order valence-electron chi connectivity index (χ4n) is 1.95. The molecule has 0 heterocycles. The summed E-state index contributed by atoms with van der Waals surface area (Å²) in [6.07, 6.45) is 3.06. The second kappa shape index (κ2) is 6.51. The van der Waals surface area contributed by atoms with Gasteiger partial charge in [0.25, 0.3) is 0 Å². The van der Waals surface area contributed by atoms with Crippen LogP contribution < -0.4 is 10.6 Å². The van der Waals surface area contributed by atoms with Crippen LogP contribution in [-0.4, -0.2) is 13.7 Å². The van der Waals surface area contributed by atoms with Crippen molar-refractivity contribution in [1.29, 1.82) is 0 Å². The Kier molecular flexibility index (Phi) is 5.29. The Hall–Kier alpha value is -1.06. The summed E-state index contributed by atoms with van der Waals surface area (Å²) in [4.78, 5) is 4.55. The third kappa shape index (κ3) is 3.51. The molecule has 0 unspecified atom stereocenters. The highest BCUT2D eigenvalue weighted by molar-refractivity contribution is 5.43. The van der Waals surface area contributed by atoms with Gasteiger partial charge in [-0.05, 0) is 55.9 Å². The van der Waals surface area contributed by atoms with Crippen LogP contribution in [0.2, 0.25) is 0 Å². The van der Waals surface area contributed by atoms with Crippen LogP contribution in [0.4, 0.5) is 0 Å². The predicted molar refractivity (Wildman–Crippen MR) is 65.5 cm³/mol. The van der Waals surface area contributed by atoms with Gasteiger partial charge in [-0.25, -0.2) is 5.90 Å². The zero-order valence-corrected chi connectivity index (χ0v) is 10.4. The highest BCUT2D eigenvalue weighted by Crippen LogP contribution is 2.25. The minimum absolute atomic E-state index is 0.618. The van der Waals surface area contributed by atoms with Gasteiger partial charge < -0.3 is 9.57 Å². The van der Waals surface area contributed by atoms with Crippen LogP contribution in [0, 0.1) is 13.8 Å². The first kappa shape index (κ1) is 13.0. The van der Waals surface area contributed by atoms with E-state index in [1.807, 2.05) is 0 Å². The van der Waals surface area contributed by atoms with Gasteiger partial charge in [-0.3, -0.25) is 0 Å². The maximum Gasteiger partial charge on any atom is 0.122 e. The van der Waals surface area contributed by atoms with Crippen LogP contribution in [0.15, 0.2) is 12.1 Å². The maximum atomic E-state index is 5.41. The fourth-order valence-corrected chi connectivity index (χ4v) is 1.95. The molecule has 0 saturated heterocycles. The van der Waals surface area contributed by atoms with E-state index in [1.165, 1.54) is 16.7 Å². The monoisotopic (exact) mass is 223 g/mol. The zero-order chi connectivity index (χ0) is 12.0. The van der Waals surface area contributed by atoms with Crippen molar-refractivity contribution >= 4 is 0 Å². The van der Waals surface area contributed by atoms with Crippen molar-refractivity contribution in [2.45, 2.75) is 33.1 Å². The van der Waals surface area contributed by atoms with E-state index in [9.17, 15) is 0 Å². The first-order valence-corrected chi connectivity index (χ1v) is 5.65. The molecule has 3 heteroatoms. The van der Waals surface area contributed by atoms with Crippen molar-refractivity contribution < 1.29 is 9.57 Å². The fraction of sp³-hybridized carbons (Fsp3) is 0.538. The normalized spacial score (nSPS) is 10.5. The second-order valence-corrected chi connectivity index (χ2v) is 4.09. The van der Waals surface area contributed by atoms with E-state index in [2.05, 4.69) is 30.8 Å². The molecule has 16 heavy (non-hydrogen) atoms. The topological polar surface area (TPSA) is 44.5 Å². The molecule has 1 aromatic rings. The van der Waals surface area contributed by atoms with E-state index in [0.29, 0.717) is 6.61 Å². The van der Waals surface area contributed by atoms with E-state index < -0.39 is 0 Å². The van der Waals surface area contributed by atoms with Crippen LogP contribution in [0.3, 0.4) is 0 Å². The number of methoxy groups -OCH3 is 1. The molecule has 0 aliphatic heterocycles. The Morgan fingerprint density at radius 3 is 2.56 bits per heavy atom. The smallest absolute Gasteiger partial charge is 0.122 e. The Bertz CT molecular complexity index is 337. The molecule has 0 saturated carbocycles. The maximum absolute atomic E-state index is 5.41. The van der Waals surface area contributed by atoms with Crippen molar-refractivity contribution in [3.8, 4) is 5.75 Å². The summed E-state index contributed by atoms with van der Waals surface area (Å²) in [6.45, 7) is 4.83. The first-order valence-electron chi connectivity index (χ1n) is 5.65. The molecule has 1 rings (SSSR count). The number of aryl methyl sites for hydroxylation is 2. The number of benzene rings is 1. The molecule has 0 spiro atoms. The molecule has 0 aromatic heterocycles. The predicted octanol–water partition coefficient (Wildman–Crippen LogP) is 2.53. The number of ether oxygens (including phenoxy) is 1. The molecule has 0 amide bonds. The van der Waals surface area contributed by atoms with Crippen molar-refractivity contribution in [2.24, 2.45) is 5.90 Å². The van der Waals surface area contributed by atoms with Gasteiger partial charge in [0.15, 0.2) is 0 Å². The average molecular weight is 223 g/mol. The van der Waals surface area contributed by atoms with Crippen molar-refractivity contribution in [1.82, 2.24) is 0 Å². The third-order valence-corrected chi connectivity index (χ3v) is 2.74. The van der Waals surface area contributed by atoms with Gasteiger partial charge in [0.1, 0.15) is 5.75 Å². The summed E-state index contributed by atoms with van der Waals surface area (Å²) in [7, 11) is 1.72. The number of hydrogen-bond acceptors (Lipinski definition) is 3. The van der Waals surface area contributed by atoms with Crippen LogP contribution in [-0.2, 0) is 11.3 Å². The molecule has 0 fully saturated rings. The molecule has 0 aliphatic rings. The van der Waals surface area contributed by atoms with Crippen molar-refractivity contribution in [2.75, 3.05) is 13.7 Å². The molecule has 0 atom stereocenters. The van der Waals surface area contributed by atoms with E-state index in [4.69, 9.17) is 10.6 Å². The summed E-state index contributed by atoms with van der Waals surface area (Å²) < 4.78 is 5.41. The summed E-state index contributed by atoms with van der Waals surface area (Å²) in [6, 6.07) is 4.28. The van der Waals surface area contributed by atoms with Gasteiger partial charge >= 0.3 is 0 Å². The number of unbranched alkanes of at least 4 members (excludes halogenated alkanes) is 1. The molecular weight excluding hydrogens is 202 g/mol. The average Bonchev–Trinajstić information content (AvgIpc) is 2.26. The van der Waals surface area contributed by atoms with Crippen molar-refractivity contribution in [3.05, 3.63) is 28.8 Å².